The Morgan fingerprint density at radius 3 is 1.40 bits per heavy atom. The molecule has 0 aromatic heterocycles. The summed E-state index contributed by atoms with van der Waals surface area (Å²) >= 11 is -3.71. The number of rotatable bonds is 2. The molecule has 0 unspecified atom stereocenters. The van der Waals surface area contributed by atoms with Gasteiger partial charge in [0.25, 0.3) is 0 Å². The first-order chi connectivity index (χ1) is 28.0. The Labute approximate surface area is 335 Å². The molecule has 0 atom stereocenters. The molecule has 13 rings (SSSR count). The van der Waals surface area contributed by atoms with Crippen molar-refractivity contribution in [3.8, 4) is 23.0 Å². The molecular formula is C51H35BGeN2O2. The van der Waals surface area contributed by atoms with Crippen LogP contribution in [-0.2, 0) is 5.41 Å². The molecule has 8 aromatic rings. The summed E-state index contributed by atoms with van der Waals surface area (Å²) in [7, 11) is 0. The van der Waals surface area contributed by atoms with Gasteiger partial charge in [-0.15, -0.1) is 0 Å². The number of anilines is 6. The molecule has 5 aliphatic heterocycles. The van der Waals surface area contributed by atoms with E-state index in [1.807, 2.05) is 6.07 Å². The van der Waals surface area contributed by atoms with E-state index in [-0.39, 0.29) is 12.1 Å². The first-order valence-electron chi connectivity index (χ1n) is 19.9. The van der Waals surface area contributed by atoms with E-state index in [4.69, 9.17) is 9.47 Å². The molecule has 5 heterocycles. The third kappa shape index (κ3) is 3.90. The average Bonchev–Trinajstić information content (AvgIpc) is 3.25. The van der Waals surface area contributed by atoms with Gasteiger partial charge in [0, 0.05) is 0 Å². The Morgan fingerprint density at radius 2 is 0.842 bits per heavy atom. The van der Waals surface area contributed by atoms with Gasteiger partial charge in [0.15, 0.2) is 0 Å². The van der Waals surface area contributed by atoms with Gasteiger partial charge in [0.1, 0.15) is 0 Å². The second-order valence-electron chi connectivity index (χ2n) is 16.4. The van der Waals surface area contributed by atoms with Crippen LogP contribution in [0.3, 0.4) is 0 Å². The van der Waals surface area contributed by atoms with Gasteiger partial charge < -0.3 is 0 Å². The van der Waals surface area contributed by atoms with Crippen molar-refractivity contribution < 1.29 is 9.47 Å². The van der Waals surface area contributed by atoms with Crippen molar-refractivity contribution in [3.05, 3.63) is 187 Å². The van der Waals surface area contributed by atoms with Gasteiger partial charge in [-0.1, -0.05) is 0 Å². The fourth-order valence-electron chi connectivity index (χ4n) is 11.1. The maximum absolute atomic E-state index is 7.01. The minimum atomic E-state index is -3.71. The van der Waals surface area contributed by atoms with Crippen LogP contribution in [0.25, 0.3) is 0 Å². The maximum atomic E-state index is 7.01. The summed E-state index contributed by atoms with van der Waals surface area (Å²) in [6, 6.07) is 65.4. The van der Waals surface area contributed by atoms with Crippen molar-refractivity contribution in [1.82, 2.24) is 0 Å². The second kappa shape index (κ2) is 11.1. The summed E-state index contributed by atoms with van der Waals surface area (Å²) < 4.78 is 19.4. The third-order valence-electron chi connectivity index (χ3n) is 13.3. The van der Waals surface area contributed by atoms with E-state index in [1.165, 1.54) is 68.1 Å². The molecule has 1 spiro atoms. The van der Waals surface area contributed by atoms with Crippen LogP contribution in [0, 0.1) is 0 Å². The molecule has 0 aliphatic carbocycles. The molecule has 0 radical (unpaired) electrons. The monoisotopic (exact) mass is 792 g/mol. The molecule has 0 saturated carbocycles. The van der Waals surface area contributed by atoms with Gasteiger partial charge in [-0.3, -0.25) is 0 Å². The van der Waals surface area contributed by atoms with Crippen LogP contribution in [0.4, 0.5) is 34.1 Å². The van der Waals surface area contributed by atoms with Gasteiger partial charge in [0.2, 0.25) is 0 Å². The molecule has 4 nitrogen and oxygen atoms in total. The second-order valence-corrected chi connectivity index (χ2v) is 24.0. The number of fused-ring (bicyclic) bond motifs is 8. The van der Waals surface area contributed by atoms with Crippen molar-refractivity contribution in [2.75, 3.05) is 9.80 Å². The van der Waals surface area contributed by atoms with E-state index >= 15 is 0 Å². The van der Waals surface area contributed by atoms with Crippen LogP contribution >= 0.6 is 0 Å². The Morgan fingerprint density at radius 1 is 0.404 bits per heavy atom. The van der Waals surface area contributed by atoms with Crippen LogP contribution in [0.15, 0.2) is 176 Å². The van der Waals surface area contributed by atoms with Gasteiger partial charge in [-0.05, 0) is 0 Å². The summed E-state index contributed by atoms with van der Waals surface area (Å²) in [6.45, 7) is 4.79. The van der Waals surface area contributed by atoms with E-state index < -0.39 is 13.3 Å². The van der Waals surface area contributed by atoms with Crippen LogP contribution < -0.4 is 53.2 Å². The van der Waals surface area contributed by atoms with Crippen molar-refractivity contribution in [2.45, 2.75) is 19.3 Å². The van der Waals surface area contributed by atoms with Crippen molar-refractivity contribution in [2.24, 2.45) is 0 Å². The zero-order chi connectivity index (χ0) is 37.6. The van der Waals surface area contributed by atoms with E-state index in [0.717, 1.165) is 34.1 Å². The number of hydrogen-bond acceptors (Lipinski definition) is 4. The summed E-state index contributed by atoms with van der Waals surface area (Å²) in [5, 5.41) is 0. The zero-order valence-electron chi connectivity index (χ0n) is 31.5. The molecular weight excluding hydrogens is 756 g/mol. The first-order valence-corrected chi connectivity index (χ1v) is 24.1. The molecule has 8 aromatic carbocycles. The van der Waals surface area contributed by atoms with E-state index in [2.05, 4.69) is 194 Å². The van der Waals surface area contributed by atoms with Crippen LogP contribution in [0.1, 0.15) is 25.0 Å². The molecule has 0 amide bonds. The summed E-state index contributed by atoms with van der Waals surface area (Å²) in [5.74, 6) is 3.64. The van der Waals surface area contributed by atoms with Crippen LogP contribution in [0.5, 0.6) is 23.0 Å². The van der Waals surface area contributed by atoms with Gasteiger partial charge >= 0.3 is 337 Å². The SMILES string of the molecule is CC1(C)c2cccc3c2B2c4c(cccc4Oc4cc(N5c6cccc[c]6[Ge]6([c]7ccccc7N(c7ccccc7)c7cccc[c]76)[c]6ccccc65)cc1c42)O3. The predicted molar refractivity (Wildman–Crippen MR) is 236 cm³/mol. The normalized spacial score (nSPS) is 16.0. The summed E-state index contributed by atoms with van der Waals surface area (Å²) in [5.41, 5.74) is 13.3. The van der Waals surface area contributed by atoms with E-state index in [9.17, 15) is 0 Å². The molecule has 5 aliphatic rings. The minimum absolute atomic E-state index is 0.0546. The van der Waals surface area contributed by atoms with Gasteiger partial charge in [-0.25, -0.2) is 0 Å². The van der Waals surface area contributed by atoms with Gasteiger partial charge in [-0.2, -0.15) is 0 Å². The van der Waals surface area contributed by atoms with Crippen molar-refractivity contribution in [3.63, 3.8) is 0 Å². The molecule has 0 N–H and O–H groups in total. The molecule has 6 heteroatoms. The molecule has 57 heavy (non-hydrogen) atoms. The van der Waals surface area contributed by atoms with E-state index in [0.29, 0.717) is 0 Å². The van der Waals surface area contributed by atoms with E-state index in [1.54, 1.807) is 0 Å². The molecule has 0 fully saturated rings. The average molecular weight is 791 g/mol. The zero-order valence-corrected chi connectivity index (χ0v) is 33.6. The number of hydrogen-bond donors (Lipinski definition) is 0. The third-order valence-corrected chi connectivity index (χ3v) is 23.7. The number of benzene rings is 8. The number of nitrogens with zero attached hydrogens (tertiary/aromatic N) is 2. The first kappa shape index (κ1) is 31.7. The van der Waals surface area contributed by atoms with Crippen molar-refractivity contribution >= 4 is 88.1 Å². The Balaban J connectivity index is 1.09. The molecule has 0 saturated heterocycles. The van der Waals surface area contributed by atoms with Gasteiger partial charge in [0.05, 0.1) is 0 Å². The Kier molecular flexibility index (Phi) is 6.19. The fourth-order valence-corrected chi connectivity index (χ4v) is 22.5. The standard InChI is InChI=1S/C51H35BGeN2O2/c1-51(2)34-18-14-27-44-48(34)52-49-35(51)30-33(31-47(49)57-46-29-15-28-45(56-44)50(46)52)55-42-25-12-8-21-38(42)53(39-22-9-13-26-43(39)55)36-19-6-10-23-40(36)54(32-16-4-3-5-17-32)41-24-11-7-20-37(41)53/h3-31H,1-2H3. The Hall–Kier alpha value is -6.43. The summed E-state index contributed by atoms with van der Waals surface area (Å²) in [4.78, 5) is 5.02. The molecule has 268 valence electrons. The Bertz CT molecular complexity index is 2950. The fraction of sp³-hybridized carbons (Fsp3) is 0.0588. The quantitative estimate of drug-likeness (QED) is 0.166. The number of ether oxygens (including phenoxy) is 2. The summed E-state index contributed by atoms with van der Waals surface area (Å²) in [6.07, 6.45) is 0. The van der Waals surface area contributed by atoms with Crippen molar-refractivity contribution in [1.29, 1.82) is 0 Å². The van der Waals surface area contributed by atoms with Crippen LogP contribution in [0.2, 0.25) is 0 Å². The molecule has 0 bridgehead atoms. The topological polar surface area (TPSA) is 24.9 Å². The van der Waals surface area contributed by atoms with Crippen LogP contribution in [-0.4, -0.2) is 20.0 Å². The number of para-hydroxylation sites is 5. The predicted octanol–water partition coefficient (Wildman–Crippen LogP) is 8.00.